The van der Waals surface area contributed by atoms with Gasteiger partial charge in [-0.2, -0.15) is 0 Å². The summed E-state index contributed by atoms with van der Waals surface area (Å²) < 4.78 is 51.2. The predicted octanol–water partition coefficient (Wildman–Crippen LogP) is 4.12. The van der Waals surface area contributed by atoms with Crippen LogP contribution in [0.15, 0.2) is 82.6 Å². The Hall–Kier alpha value is -2.88. The molecule has 0 saturated carbocycles. The van der Waals surface area contributed by atoms with Crippen LogP contribution in [-0.2, 0) is 24.7 Å². The quantitative estimate of drug-likeness (QED) is 0.481. The summed E-state index contributed by atoms with van der Waals surface area (Å²) in [4.78, 5) is 13.1. The highest BCUT2D eigenvalue weighted by Gasteiger charge is 2.27. The van der Waals surface area contributed by atoms with Crippen LogP contribution in [-0.4, -0.2) is 35.5 Å². The molecular formula is C24H25ClN2O5S2. The van der Waals surface area contributed by atoms with Crippen LogP contribution in [0.25, 0.3) is 0 Å². The van der Waals surface area contributed by atoms with Gasteiger partial charge in [-0.15, -0.1) is 0 Å². The van der Waals surface area contributed by atoms with Gasteiger partial charge in [0.1, 0.15) is 6.54 Å². The number of carbonyl (C=O) groups excluding carboxylic acids is 1. The number of halogens is 1. The summed E-state index contributed by atoms with van der Waals surface area (Å²) in [5.74, 6) is -0.523. The first-order valence-electron chi connectivity index (χ1n) is 10.3. The van der Waals surface area contributed by atoms with Gasteiger partial charge in [-0.3, -0.25) is 9.10 Å². The monoisotopic (exact) mass is 520 g/mol. The number of sulfonamides is 1. The maximum Gasteiger partial charge on any atom is 0.264 e. The fourth-order valence-corrected chi connectivity index (χ4v) is 5.44. The molecule has 0 bridgehead atoms. The van der Waals surface area contributed by atoms with E-state index in [1.165, 1.54) is 36.4 Å². The molecule has 10 heteroatoms. The van der Waals surface area contributed by atoms with Gasteiger partial charge in [0, 0.05) is 11.3 Å². The number of hydrogen-bond donors (Lipinski definition) is 1. The maximum absolute atomic E-state index is 13.4. The smallest absolute Gasteiger partial charge is 0.264 e. The topological polar surface area (TPSA) is 101 Å². The molecule has 7 nitrogen and oxygen atoms in total. The van der Waals surface area contributed by atoms with Crippen LogP contribution >= 0.6 is 11.6 Å². The summed E-state index contributed by atoms with van der Waals surface area (Å²) in [5.41, 5.74) is 1.89. The van der Waals surface area contributed by atoms with Gasteiger partial charge in [-0.05, 0) is 67.9 Å². The van der Waals surface area contributed by atoms with Crippen LogP contribution in [0.3, 0.4) is 0 Å². The highest BCUT2D eigenvalue weighted by molar-refractivity contribution is 7.93. The largest absolute Gasteiger partial charge is 0.348 e. The second-order valence-electron chi connectivity index (χ2n) is 7.93. The number of nitrogens with one attached hydrogen (secondary N) is 1. The normalized spacial score (nSPS) is 12.7. The molecule has 1 N–H and O–H groups in total. The van der Waals surface area contributed by atoms with Gasteiger partial charge in [0.25, 0.3) is 10.0 Å². The molecule has 0 spiro atoms. The molecule has 34 heavy (non-hydrogen) atoms. The zero-order valence-electron chi connectivity index (χ0n) is 18.9. The number of hydrogen-bond acceptors (Lipinski definition) is 5. The minimum absolute atomic E-state index is 0.0604. The number of anilines is 1. The number of rotatable bonds is 8. The number of amides is 1. The Labute approximate surface area is 205 Å². The molecule has 0 unspecified atom stereocenters. The first kappa shape index (κ1) is 25.7. The van der Waals surface area contributed by atoms with Gasteiger partial charge in [0.05, 0.1) is 21.5 Å². The van der Waals surface area contributed by atoms with Crippen molar-refractivity contribution in [3.05, 3.63) is 88.9 Å². The molecule has 0 heterocycles. The van der Waals surface area contributed by atoms with E-state index in [4.69, 9.17) is 11.6 Å². The number of nitrogens with zero attached hydrogens (tertiary/aromatic N) is 1. The van der Waals surface area contributed by atoms with Crippen molar-refractivity contribution in [3.8, 4) is 0 Å². The molecule has 0 aromatic heterocycles. The van der Waals surface area contributed by atoms with Gasteiger partial charge >= 0.3 is 0 Å². The van der Waals surface area contributed by atoms with Crippen molar-refractivity contribution in [1.29, 1.82) is 0 Å². The minimum Gasteiger partial charge on any atom is -0.348 e. The molecule has 0 aliphatic heterocycles. The van der Waals surface area contributed by atoms with E-state index >= 15 is 0 Å². The second-order valence-corrected chi connectivity index (χ2v) is 12.2. The fraction of sp³-hybridized carbons (Fsp3) is 0.208. The number of carbonyl (C=O) groups is 1. The van der Waals surface area contributed by atoms with Crippen molar-refractivity contribution < 1.29 is 21.6 Å². The zero-order chi connectivity index (χ0) is 25.1. The van der Waals surface area contributed by atoms with E-state index in [1.807, 2.05) is 6.92 Å². The van der Waals surface area contributed by atoms with Crippen molar-refractivity contribution in [2.75, 3.05) is 17.1 Å². The average Bonchev–Trinajstić information content (AvgIpc) is 2.78. The Morgan fingerprint density at radius 2 is 1.41 bits per heavy atom. The lowest BCUT2D eigenvalue weighted by atomic mass is 10.1. The van der Waals surface area contributed by atoms with Crippen LogP contribution in [0.5, 0.6) is 0 Å². The van der Waals surface area contributed by atoms with E-state index in [0.29, 0.717) is 16.3 Å². The third-order valence-corrected chi connectivity index (χ3v) is 8.37. The SMILES string of the molecule is Cc1ccc(S(=O)(=O)N(CC(=O)N[C@@H](C)c2ccc(S(C)(=O)=O)cc2)c2ccc(Cl)cc2)cc1. The van der Waals surface area contributed by atoms with Crippen molar-refractivity contribution in [2.45, 2.75) is 29.7 Å². The maximum atomic E-state index is 13.4. The average molecular weight is 521 g/mol. The van der Waals surface area contributed by atoms with E-state index in [1.54, 1.807) is 43.3 Å². The van der Waals surface area contributed by atoms with Gasteiger partial charge in [-0.1, -0.05) is 41.4 Å². The molecule has 0 aliphatic carbocycles. The van der Waals surface area contributed by atoms with Gasteiger partial charge in [-0.25, -0.2) is 16.8 Å². The lowest BCUT2D eigenvalue weighted by molar-refractivity contribution is -0.120. The molecule has 3 aromatic carbocycles. The summed E-state index contributed by atoms with van der Waals surface area (Å²) in [6.45, 7) is 3.13. The van der Waals surface area contributed by atoms with Crippen LogP contribution in [0.2, 0.25) is 5.02 Å². The van der Waals surface area contributed by atoms with Crippen molar-refractivity contribution >= 4 is 43.1 Å². The van der Waals surface area contributed by atoms with Gasteiger partial charge < -0.3 is 5.32 Å². The third-order valence-electron chi connectivity index (χ3n) is 5.20. The predicted molar refractivity (Wildman–Crippen MR) is 133 cm³/mol. The zero-order valence-corrected chi connectivity index (χ0v) is 21.3. The standard InChI is InChI=1S/C24H25ClN2O5S2/c1-17-4-12-23(13-5-17)34(31,32)27(21-10-8-20(25)9-11-21)16-24(28)26-18(2)19-6-14-22(15-7-19)33(3,29)30/h4-15,18H,16H2,1-3H3,(H,26,28)/t18-/m0/s1. The Bertz CT molecular complexity index is 1370. The van der Waals surface area contributed by atoms with Crippen molar-refractivity contribution in [3.63, 3.8) is 0 Å². The lowest BCUT2D eigenvalue weighted by Crippen LogP contribution is -2.41. The summed E-state index contributed by atoms with van der Waals surface area (Å²) in [6, 6.07) is 18.2. The number of aryl methyl sites for hydroxylation is 1. The Kier molecular flexibility index (Phi) is 7.70. The molecule has 0 radical (unpaired) electrons. The molecule has 180 valence electrons. The third kappa shape index (κ3) is 6.16. The molecule has 0 fully saturated rings. The second kappa shape index (κ2) is 10.2. The van der Waals surface area contributed by atoms with Gasteiger partial charge in [0.2, 0.25) is 5.91 Å². The van der Waals surface area contributed by atoms with Crippen LogP contribution < -0.4 is 9.62 Å². The highest BCUT2D eigenvalue weighted by atomic mass is 35.5. The van der Waals surface area contributed by atoms with Crippen molar-refractivity contribution in [1.82, 2.24) is 5.32 Å². The minimum atomic E-state index is -4.04. The molecule has 0 saturated heterocycles. The Morgan fingerprint density at radius 3 is 1.94 bits per heavy atom. The van der Waals surface area contributed by atoms with E-state index < -0.39 is 38.4 Å². The molecule has 1 atom stereocenters. The first-order chi connectivity index (χ1) is 15.9. The highest BCUT2D eigenvalue weighted by Crippen LogP contribution is 2.25. The summed E-state index contributed by atoms with van der Waals surface area (Å²) in [5, 5.41) is 3.22. The Morgan fingerprint density at radius 1 is 0.882 bits per heavy atom. The molecule has 0 aliphatic rings. The van der Waals surface area contributed by atoms with Gasteiger partial charge in [0.15, 0.2) is 9.84 Å². The van der Waals surface area contributed by atoms with Crippen LogP contribution in [0.4, 0.5) is 5.69 Å². The Balaban J connectivity index is 1.85. The van der Waals surface area contributed by atoms with Crippen LogP contribution in [0, 0.1) is 6.92 Å². The van der Waals surface area contributed by atoms with E-state index in [-0.39, 0.29) is 9.79 Å². The summed E-state index contributed by atoms with van der Waals surface area (Å²) in [6.07, 6.45) is 1.12. The summed E-state index contributed by atoms with van der Waals surface area (Å²) in [7, 11) is -7.37. The lowest BCUT2D eigenvalue weighted by Gasteiger charge is -2.25. The first-order valence-corrected chi connectivity index (χ1v) is 14.0. The van der Waals surface area contributed by atoms with Crippen LogP contribution in [0.1, 0.15) is 24.1 Å². The molecular weight excluding hydrogens is 496 g/mol. The van der Waals surface area contributed by atoms with E-state index in [2.05, 4.69) is 5.32 Å². The number of benzene rings is 3. The summed E-state index contributed by atoms with van der Waals surface area (Å²) >= 11 is 5.96. The molecule has 3 rings (SSSR count). The van der Waals surface area contributed by atoms with E-state index in [0.717, 1.165) is 16.1 Å². The number of sulfone groups is 1. The van der Waals surface area contributed by atoms with Crippen molar-refractivity contribution in [2.24, 2.45) is 0 Å². The van der Waals surface area contributed by atoms with E-state index in [9.17, 15) is 21.6 Å². The fourth-order valence-electron chi connectivity index (χ4n) is 3.26. The molecule has 3 aromatic rings. The molecule has 1 amide bonds.